The van der Waals surface area contributed by atoms with E-state index in [9.17, 15) is 9.18 Å². The first-order chi connectivity index (χ1) is 12.7. The first-order valence-corrected chi connectivity index (χ1v) is 8.78. The fourth-order valence-electron chi connectivity index (χ4n) is 2.88. The van der Waals surface area contributed by atoms with E-state index in [-0.39, 0.29) is 18.3 Å². The first-order valence-electron chi connectivity index (χ1n) is 7.96. The van der Waals surface area contributed by atoms with Crippen LogP contribution in [0.3, 0.4) is 0 Å². The molecule has 5 heteroatoms. The molecular formula is C21H13FN2OS. The van der Waals surface area contributed by atoms with Gasteiger partial charge < -0.3 is 4.57 Å². The minimum absolute atomic E-state index is 0.144. The molecule has 0 unspecified atom stereocenters. The van der Waals surface area contributed by atoms with Gasteiger partial charge >= 0.3 is 0 Å². The molecule has 0 saturated heterocycles. The number of thiazole rings is 1. The molecule has 1 heterocycles. The maximum atomic E-state index is 14.2. The molecule has 0 bridgehead atoms. The average Bonchev–Trinajstić information content (AvgIpc) is 3.00. The summed E-state index contributed by atoms with van der Waals surface area (Å²) in [5, 5.41) is 2.02. The highest BCUT2D eigenvalue weighted by Gasteiger charge is 2.12. The van der Waals surface area contributed by atoms with E-state index in [1.165, 1.54) is 17.4 Å². The molecule has 0 aliphatic rings. The van der Waals surface area contributed by atoms with Crippen LogP contribution in [0.5, 0.6) is 0 Å². The third-order valence-corrected chi connectivity index (χ3v) is 5.14. The number of hydrogen-bond acceptors (Lipinski definition) is 2. The lowest BCUT2D eigenvalue weighted by Crippen LogP contribution is -2.17. The Bertz CT molecular complexity index is 1260. The summed E-state index contributed by atoms with van der Waals surface area (Å²) in [5.74, 6) is 1.74. The Hall–Kier alpha value is -3.23. The van der Waals surface area contributed by atoms with Gasteiger partial charge in [-0.15, -0.1) is 6.42 Å². The molecule has 0 aliphatic carbocycles. The zero-order chi connectivity index (χ0) is 18.1. The van der Waals surface area contributed by atoms with Gasteiger partial charge in [-0.2, -0.15) is 4.99 Å². The van der Waals surface area contributed by atoms with Crippen molar-refractivity contribution >= 4 is 38.2 Å². The average molecular weight is 360 g/mol. The van der Waals surface area contributed by atoms with E-state index in [2.05, 4.69) is 10.9 Å². The SMILES string of the molecule is C#CCn1c(=NC(=O)c2ccc3ccccc3c2)sc2cccc(F)c21. The van der Waals surface area contributed by atoms with Crippen LogP contribution in [0.25, 0.3) is 21.0 Å². The van der Waals surface area contributed by atoms with Gasteiger partial charge in [0.05, 0.1) is 16.8 Å². The number of amides is 1. The van der Waals surface area contributed by atoms with Crippen molar-refractivity contribution in [3.8, 4) is 12.3 Å². The second kappa shape index (κ2) is 6.58. The molecule has 0 atom stereocenters. The predicted octanol–water partition coefficient (Wildman–Crippen LogP) is 4.37. The zero-order valence-corrected chi connectivity index (χ0v) is 14.5. The molecule has 0 saturated carbocycles. The van der Waals surface area contributed by atoms with Crippen molar-refractivity contribution in [1.29, 1.82) is 0 Å². The predicted molar refractivity (Wildman–Crippen MR) is 102 cm³/mol. The topological polar surface area (TPSA) is 34.4 Å². The van der Waals surface area contributed by atoms with Crippen molar-refractivity contribution in [3.63, 3.8) is 0 Å². The van der Waals surface area contributed by atoms with Crippen molar-refractivity contribution in [1.82, 2.24) is 4.57 Å². The molecule has 4 aromatic rings. The van der Waals surface area contributed by atoms with E-state index >= 15 is 0 Å². The molecule has 4 rings (SSSR count). The minimum atomic E-state index is -0.381. The van der Waals surface area contributed by atoms with Crippen molar-refractivity contribution < 1.29 is 9.18 Å². The Kier molecular flexibility index (Phi) is 4.11. The monoisotopic (exact) mass is 360 g/mol. The normalized spacial score (nSPS) is 11.8. The van der Waals surface area contributed by atoms with Gasteiger partial charge in [-0.3, -0.25) is 4.79 Å². The number of hydrogen-bond donors (Lipinski definition) is 0. The summed E-state index contributed by atoms with van der Waals surface area (Å²) in [6.07, 6.45) is 5.42. The standard InChI is InChI=1S/C21H13FN2OS/c1-2-12-24-19-17(22)8-5-9-18(19)26-21(24)23-20(25)16-11-10-14-6-3-4-7-15(14)13-16/h1,3-11,13H,12H2. The van der Waals surface area contributed by atoms with Crippen LogP contribution < -0.4 is 4.80 Å². The lowest BCUT2D eigenvalue weighted by atomic mass is 10.1. The van der Waals surface area contributed by atoms with E-state index in [1.54, 1.807) is 28.8 Å². The summed E-state index contributed by atoms with van der Waals surface area (Å²) >= 11 is 1.24. The van der Waals surface area contributed by atoms with E-state index in [4.69, 9.17) is 6.42 Å². The van der Waals surface area contributed by atoms with E-state index in [0.717, 1.165) is 10.8 Å². The van der Waals surface area contributed by atoms with Crippen LogP contribution in [0.15, 0.2) is 65.7 Å². The molecule has 0 aliphatic heterocycles. The van der Waals surface area contributed by atoms with Gasteiger partial charge in [-0.05, 0) is 35.0 Å². The number of halogens is 1. The number of rotatable bonds is 2. The number of para-hydroxylation sites is 1. The summed E-state index contributed by atoms with van der Waals surface area (Å²) in [7, 11) is 0. The van der Waals surface area contributed by atoms with Crippen LogP contribution in [0.4, 0.5) is 4.39 Å². The highest BCUT2D eigenvalue weighted by molar-refractivity contribution is 7.16. The summed E-state index contributed by atoms with van der Waals surface area (Å²) in [5.41, 5.74) is 0.856. The molecule has 0 spiro atoms. The third-order valence-electron chi connectivity index (χ3n) is 4.09. The Morgan fingerprint density at radius 1 is 1.12 bits per heavy atom. The van der Waals surface area contributed by atoms with Crippen molar-refractivity contribution in [2.75, 3.05) is 0 Å². The van der Waals surface area contributed by atoms with Crippen LogP contribution in [0, 0.1) is 18.2 Å². The first kappa shape index (κ1) is 16.2. The van der Waals surface area contributed by atoms with Gasteiger partial charge in [-0.25, -0.2) is 4.39 Å². The quantitative estimate of drug-likeness (QED) is 0.489. The fourth-order valence-corrected chi connectivity index (χ4v) is 3.93. The number of carbonyl (C=O) groups excluding carboxylic acids is 1. The summed E-state index contributed by atoms with van der Waals surface area (Å²) < 4.78 is 16.5. The maximum Gasteiger partial charge on any atom is 0.279 e. The van der Waals surface area contributed by atoms with Gasteiger partial charge in [-0.1, -0.05) is 53.7 Å². The highest BCUT2D eigenvalue weighted by Crippen LogP contribution is 2.21. The van der Waals surface area contributed by atoms with Crippen LogP contribution in [0.2, 0.25) is 0 Å². The summed E-state index contributed by atoms with van der Waals surface area (Å²) in [6, 6.07) is 18.0. The van der Waals surface area contributed by atoms with Gasteiger partial charge in [0.1, 0.15) is 5.82 Å². The molecule has 1 aromatic heterocycles. The number of aromatic nitrogens is 1. The van der Waals surface area contributed by atoms with Crippen molar-refractivity contribution in [2.24, 2.45) is 4.99 Å². The molecule has 26 heavy (non-hydrogen) atoms. The maximum absolute atomic E-state index is 14.2. The van der Waals surface area contributed by atoms with Crippen LogP contribution >= 0.6 is 11.3 Å². The van der Waals surface area contributed by atoms with Crippen molar-refractivity contribution in [3.05, 3.63) is 76.8 Å². The van der Waals surface area contributed by atoms with Gasteiger partial charge in [0.25, 0.3) is 5.91 Å². The van der Waals surface area contributed by atoms with Gasteiger partial charge in [0.2, 0.25) is 0 Å². The van der Waals surface area contributed by atoms with Crippen molar-refractivity contribution in [2.45, 2.75) is 6.54 Å². The Balaban J connectivity index is 1.86. The third kappa shape index (κ3) is 2.81. The lowest BCUT2D eigenvalue weighted by Gasteiger charge is -2.01. The summed E-state index contributed by atoms with van der Waals surface area (Å²) in [6.45, 7) is 0.144. The number of nitrogens with zero attached hydrogens (tertiary/aromatic N) is 2. The fraction of sp³-hybridized carbons (Fsp3) is 0.0476. The molecule has 3 nitrogen and oxygen atoms in total. The number of benzene rings is 3. The zero-order valence-electron chi connectivity index (χ0n) is 13.6. The van der Waals surface area contributed by atoms with Gasteiger partial charge in [0, 0.05) is 5.56 Å². The van der Waals surface area contributed by atoms with E-state index < -0.39 is 0 Å². The van der Waals surface area contributed by atoms with Gasteiger partial charge in [0.15, 0.2) is 4.80 Å². The van der Waals surface area contributed by atoms with E-state index in [0.29, 0.717) is 20.6 Å². The van der Waals surface area contributed by atoms with Crippen LogP contribution in [0.1, 0.15) is 10.4 Å². The number of fused-ring (bicyclic) bond motifs is 2. The highest BCUT2D eigenvalue weighted by atomic mass is 32.1. The molecule has 1 amide bonds. The minimum Gasteiger partial charge on any atom is -0.302 e. The van der Waals surface area contributed by atoms with Crippen LogP contribution in [-0.2, 0) is 6.54 Å². The molecule has 0 N–H and O–H groups in total. The second-order valence-corrected chi connectivity index (χ2v) is 6.75. The Morgan fingerprint density at radius 3 is 2.73 bits per heavy atom. The molecule has 0 radical (unpaired) electrons. The largest absolute Gasteiger partial charge is 0.302 e. The second-order valence-electron chi connectivity index (χ2n) is 5.74. The molecule has 0 fully saturated rings. The Morgan fingerprint density at radius 2 is 1.92 bits per heavy atom. The number of terminal acetylenes is 1. The van der Waals surface area contributed by atoms with Crippen LogP contribution in [-0.4, -0.2) is 10.5 Å². The molecule has 3 aromatic carbocycles. The molecule has 126 valence electrons. The summed E-state index contributed by atoms with van der Waals surface area (Å²) in [4.78, 5) is 17.3. The smallest absolute Gasteiger partial charge is 0.279 e. The van der Waals surface area contributed by atoms with E-state index in [1.807, 2.05) is 30.3 Å². The Labute approximate surface area is 153 Å². The lowest BCUT2D eigenvalue weighted by molar-refractivity contribution is 0.0998. The number of carbonyl (C=O) groups is 1. The molecular weight excluding hydrogens is 347 g/mol.